The second-order valence-corrected chi connectivity index (χ2v) is 8.03. The largest absolute Gasteiger partial charge is 0.497 e. The number of methoxy groups -OCH3 is 1. The highest BCUT2D eigenvalue weighted by atomic mass is 16.5. The van der Waals surface area contributed by atoms with Crippen molar-refractivity contribution in [1.29, 1.82) is 0 Å². The average molecular weight is 417 g/mol. The van der Waals surface area contributed by atoms with Crippen LogP contribution < -0.4 is 15.0 Å². The molecule has 160 valence electrons. The molecule has 5 rings (SSSR count). The average Bonchev–Trinajstić information content (AvgIpc) is 3.19. The number of fused-ring (bicyclic) bond motifs is 1. The Hall–Kier alpha value is -3.09. The molecule has 0 spiro atoms. The van der Waals surface area contributed by atoms with E-state index in [-0.39, 0.29) is 6.17 Å². The number of pyridine rings is 1. The molecule has 0 aliphatic carbocycles. The van der Waals surface area contributed by atoms with Crippen molar-refractivity contribution in [3.05, 3.63) is 83.6 Å². The zero-order valence-corrected chi connectivity index (χ0v) is 17.8. The molecule has 1 fully saturated rings. The number of hydrogen-bond donors (Lipinski definition) is 1. The first-order valence-electron chi connectivity index (χ1n) is 10.8. The molecule has 1 unspecified atom stereocenters. The lowest BCUT2D eigenvalue weighted by Gasteiger charge is -2.28. The summed E-state index contributed by atoms with van der Waals surface area (Å²) in [7, 11) is 1.71. The Morgan fingerprint density at radius 3 is 2.65 bits per heavy atom. The highest BCUT2D eigenvalue weighted by Crippen LogP contribution is 2.40. The number of nitrogens with zero attached hydrogens (tertiary/aromatic N) is 3. The second-order valence-electron chi connectivity index (χ2n) is 8.03. The van der Waals surface area contributed by atoms with E-state index < -0.39 is 0 Å². The third-order valence-electron chi connectivity index (χ3n) is 5.97. The zero-order valence-electron chi connectivity index (χ0n) is 17.8. The van der Waals surface area contributed by atoms with Gasteiger partial charge in [0.05, 0.1) is 26.0 Å². The molecule has 0 saturated carbocycles. The summed E-state index contributed by atoms with van der Waals surface area (Å²) in [5, 5.41) is 3.61. The van der Waals surface area contributed by atoms with Gasteiger partial charge in [0, 0.05) is 32.4 Å². The molecular formula is C25H28N4O2. The number of anilines is 2. The number of nitrogens with one attached hydrogen (secondary N) is 1. The normalized spacial score (nSPS) is 18.5. The Morgan fingerprint density at radius 1 is 1.00 bits per heavy atom. The Morgan fingerprint density at radius 2 is 1.84 bits per heavy atom. The molecule has 31 heavy (non-hydrogen) atoms. The fourth-order valence-corrected chi connectivity index (χ4v) is 4.32. The van der Waals surface area contributed by atoms with E-state index in [0.29, 0.717) is 0 Å². The summed E-state index contributed by atoms with van der Waals surface area (Å²) in [6, 6.07) is 21.3. The Labute approximate surface area is 183 Å². The monoisotopic (exact) mass is 416 g/mol. The van der Waals surface area contributed by atoms with Gasteiger partial charge in [0.25, 0.3) is 0 Å². The molecule has 2 aromatic carbocycles. The molecule has 1 N–H and O–H groups in total. The van der Waals surface area contributed by atoms with Gasteiger partial charge >= 0.3 is 0 Å². The van der Waals surface area contributed by atoms with Crippen molar-refractivity contribution in [1.82, 2.24) is 9.88 Å². The molecule has 1 atom stereocenters. The van der Waals surface area contributed by atoms with Crippen molar-refractivity contribution in [3.63, 3.8) is 0 Å². The SMILES string of the molecule is COc1cccc(CN2c3cccnc3NC2c2ccc(CN3CCOCC3)cc2)c1. The van der Waals surface area contributed by atoms with Crippen molar-refractivity contribution in [3.8, 4) is 5.75 Å². The van der Waals surface area contributed by atoms with Crippen LogP contribution in [0.25, 0.3) is 0 Å². The second kappa shape index (κ2) is 8.96. The number of morpholine rings is 1. The smallest absolute Gasteiger partial charge is 0.151 e. The van der Waals surface area contributed by atoms with E-state index >= 15 is 0 Å². The van der Waals surface area contributed by atoms with Crippen molar-refractivity contribution < 1.29 is 9.47 Å². The van der Waals surface area contributed by atoms with E-state index in [9.17, 15) is 0 Å². The van der Waals surface area contributed by atoms with Crippen molar-refractivity contribution in [2.75, 3.05) is 43.6 Å². The van der Waals surface area contributed by atoms with E-state index in [2.05, 4.69) is 62.6 Å². The van der Waals surface area contributed by atoms with Gasteiger partial charge in [-0.05, 0) is 41.0 Å². The van der Waals surface area contributed by atoms with Gasteiger partial charge in [-0.3, -0.25) is 4.90 Å². The Kier molecular flexibility index (Phi) is 5.74. The molecule has 1 saturated heterocycles. The lowest BCUT2D eigenvalue weighted by atomic mass is 10.1. The van der Waals surface area contributed by atoms with E-state index in [1.54, 1.807) is 7.11 Å². The summed E-state index contributed by atoms with van der Waals surface area (Å²) in [6.07, 6.45) is 1.87. The van der Waals surface area contributed by atoms with Crippen LogP contribution in [0.2, 0.25) is 0 Å². The first-order chi connectivity index (χ1) is 15.3. The fourth-order valence-electron chi connectivity index (χ4n) is 4.32. The molecular weight excluding hydrogens is 388 g/mol. The van der Waals surface area contributed by atoms with Gasteiger partial charge in [-0.25, -0.2) is 4.98 Å². The van der Waals surface area contributed by atoms with Crippen LogP contribution in [0.3, 0.4) is 0 Å². The molecule has 6 nitrogen and oxygen atoms in total. The Bertz CT molecular complexity index is 1020. The van der Waals surface area contributed by atoms with Gasteiger partial charge in [0.2, 0.25) is 0 Å². The minimum atomic E-state index is 0.0357. The maximum atomic E-state index is 5.46. The third kappa shape index (κ3) is 4.36. The minimum absolute atomic E-state index is 0.0357. The van der Waals surface area contributed by atoms with Crippen LogP contribution in [0, 0.1) is 0 Å². The number of benzene rings is 2. The van der Waals surface area contributed by atoms with Gasteiger partial charge < -0.3 is 19.7 Å². The van der Waals surface area contributed by atoms with Gasteiger partial charge in [-0.1, -0.05) is 36.4 Å². The first kappa shape index (κ1) is 19.8. The minimum Gasteiger partial charge on any atom is -0.497 e. The first-order valence-corrected chi connectivity index (χ1v) is 10.8. The van der Waals surface area contributed by atoms with Gasteiger partial charge in [0.15, 0.2) is 5.82 Å². The van der Waals surface area contributed by atoms with Crippen LogP contribution in [-0.4, -0.2) is 43.3 Å². The number of rotatable bonds is 6. The van der Waals surface area contributed by atoms with E-state index in [1.807, 2.05) is 24.4 Å². The van der Waals surface area contributed by atoms with Crippen LogP contribution in [0.15, 0.2) is 66.9 Å². The highest BCUT2D eigenvalue weighted by Gasteiger charge is 2.30. The third-order valence-corrected chi connectivity index (χ3v) is 5.97. The molecule has 2 aliphatic heterocycles. The maximum Gasteiger partial charge on any atom is 0.151 e. The van der Waals surface area contributed by atoms with Crippen LogP contribution in [-0.2, 0) is 17.8 Å². The van der Waals surface area contributed by atoms with Gasteiger partial charge in [-0.15, -0.1) is 0 Å². The predicted octanol–water partition coefficient (Wildman–Crippen LogP) is 4.05. The summed E-state index contributed by atoms with van der Waals surface area (Å²) < 4.78 is 10.9. The number of aromatic nitrogens is 1. The summed E-state index contributed by atoms with van der Waals surface area (Å²) >= 11 is 0. The lowest BCUT2D eigenvalue weighted by molar-refractivity contribution is 0.0342. The molecule has 6 heteroatoms. The molecule has 0 radical (unpaired) electrons. The number of hydrogen-bond acceptors (Lipinski definition) is 6. The quantitative estimate of drug-likeness (QED) is 0.654. The van der Waals surface area contributed by atoms with E-state index in [1.165, 1.54) is 16.7 Å². The summed E-state index contributed by atoms with van der Waals surface area (Å²) in [4.78, 5) is 9.37. The van der Waals surface area contributed by atoms with E-state index in [0.717, 1.165) is 56.6 Å². The van der Waals surface area contributed by atoms with Crippen molar-refractivity contribution in [2.45, 2.75) is 19.3 Å². The molecule has 3 aromatic rings. The lowest BCUT2D eigenvalue weighted by Crippen LogP contribution is -2.35. The molecule has 0 bridgehead atoms. The van der Waals surface area contributed by atoms with E-state index in [4.69, 9.17) is 9.47 Å². The van der Waals surface area contributed by atoms with Crippen LogP contribution in [0.4, 0.5) is 11.5 Å². The molecule has 3 heterocycles. The summed E-state index contributed by atoms with van der Waals surface area (Å²) in [5.41, 5.74) is 4.88. The topological polar surface area (TPSA) is 49.9 Å². The zero-order chi connectivity index (χ0) is 21.0. The van der Waals surface area contributed by atoms with Crippen LogP contribution >= 0.6 is 0 Å². The summed E-state index contributed by atoms with van der Waals surface area (Å²) in [6.45, 7) is 5.39. The standard InChI is InChI=1S/C25H28N4O2/c1-30-22-5-2-4-20(16-22)18-29-23-6-3-11-26-24(23)27-25(29)21-9-7-19(8-10-21)17-28-12-14-31-15-13-28/h2-11,16,25H,12-15,17-18H2,1H3,(H,26,27). The van der Waals surface area contributed by atoms with Crippen LogP contribution in [0.1, 0.15) is 22.9 Å². The van der Waals surface area contributed by atoms with Crippen LogP contribution in [0.5, 0.6) is 5.75 Å². The summed E-state index contributed by atoms with van der Waals surface area (Å²) in [5.74, 6) is 1.80. The maximum absolute atomic E-state index is 5.46. The number of ether oxygens (including phenoxy) is 2. The molecule has 1 aromatic heterocycles. The molecule has 0 amide bonds. The van der Waals surface area contributed by atoms with Crippen molar-refractivity contribution in [2.24, 2.45) is 0 Å². The van der Waals surface area contributed by atoms with Gasteiger partial charge in [-0.2, -0.15) is 0 Å². The fraction of sp³-hybridized carbons (Fsp3) is 0.320. The predicted molar refractivity (Wildman–Crippen MR) is 122 cm³/mol. The Balaban J connectivity index is 1.37. The van der Waals surface area contributed by atoms with Crippen molar-refractivity contribution >= 4 is 11.5 Å². The highest BCUT2D eigenvalue weighted by molar-refractivity contribution is 5.73. The van der Waals surface area contributed by atoms with Gasteiger partial charge in [0.1, 0.15) is 11.9 Å². The molecule has 2 aliphatic rings.